The number of imidazole rings is 1. The standard InChI is InChI=1S/C23H21N5O4S/c1-23(2,3)32-22(31)27-9-8-13-10-15(5-7-17(13)27)28-12-24-16-6-4-14(25-19(16)28)11-18-20(29)26-21(30)33-18/h4-7,10-12H,8-9H2,1-3H3,(H,26,29,30)/b18-11-. The summed E-state index contributed by atoms with van der Waals surface area (Å²) in [5.74, 6) is -0.423. The highest BCUT2D eigenvalue weighted by Crippen LogP contribution is 2.32. The maximum absolute atomic E-state index is 12.6. The molecule has 3 amide bonds. The molecule has 3 aromatic rings. The molecule has 1 N–H and O–H groups in total. The van der Waals surface area contributed by atoms with Crippen molar-refractivity contribution in [3.63, 3.8) is 0 Å². The van der Waals surface area contributed by atoms with Gasteiger partial charge in [-0.2, -0.15) is 0 Å². The van der Waals surface area contributed by atoms with E-state index in [-0.39, 0.29) is 6.09 Å². The van der Waals surface area contributed by atoms with E-state index in [1.165, 1.54) is 0 Å². The first-order chi connectivity index (χ1) is 15.7. The lowest BCUT2D eigenvalue weighted by atomic mass is 10.1. The Labute approximate surface area is 193 Å². The van der Waals surface area contributed by atoms with Crippen molar-refractivity contribution in [2.45, 2.75) is 32.8 Å². The number of carbonyl (C=O) groups excluding carboxylic acids is 3. The zero-order valence-corrected chi connectivity index (χ0v) is 19.1. The second-order valence-corrected chi connectivity index (χ2v) is 9.76. The maximum Gasteiger partial charge on any atom is 0.414 e. The first-order valence-corrected chi connectivity index (χ1v) is 11.2. The van der Waals surface area contributed by atoms with Crippen LogP contribution in [0.3, 0.4) is 0 Å². The number of carbonyl (C=O) groups is 3. The third-order valence-electron chi connectivity index (χ3n) is 5.19. The normalized spacial score (nSPS) is 17.1. The summed E-state index contributed by atoms with van der Waals surface area (Å²) in [5, 5.41) is 1.85. The topological polar surface area (TPSA) is 106 Å². The van der Waals surface area contributed by atoms with E-state index in [9.17, 15) is 14.4 Å². The Hall–Kier alpha value is -3.66. The summed E-state index contributed by atoms with van der Waals surface area (Å²) in [6.07, 6.45) is 3.65. The monoisotopic (exact) mass is 463 g/mol. The molecular weight excluding hydrogens is 442 g/mol. The Morgan fingerprint density at radius 2 is 2.03 bits per heavy atom. The van der Waals surface area contributed by atoms with Crippen molar-refractivity contribution in [1.82, 2.24) is 19.9 Å². The van der Waals surface area contributed by atoms with E-state index in [1.54, 1.807) is 23.4 Å². The average Bonchev–Trinajstić information content (AvgIpc) is 3.42. The number of imide groups is 1. The number of hydrogen-bond donors (Lipinski definition) is 1. The minimum atomic E-state index is -0.556. The van der Waals surface area contributed by atoms with Crippen molar-refractivity contribution >= 4 is 51.9 Å². The molecule has 10 heteroatoms. The molecule has 5 rings (SSSR count). The molecular formula is C23H21N5O4S. The van der Waals surface area contributed by atoms with Crippen LogP contribution in [0.2, 0.25) is 0 Å². The van der Waals surface area contributed by atoms with Crippen LogP contribution in [0.4, 0.5) is 15.3 Å². The summed E-state index contributed by atoms with van der Waals surface area (Å²) >= 11 is 0.852. The third-order valence-corrected chi connectivity index (χ3v) is 6.00. The van der Waals surface area contributed by atoms with Gasteiger partial charge < -0.3 is 4.74 Å². The number of ether oxygens (including phenoxy) is 1. The van der Waals surface area contributed by atoms with Gasteiger partial charge in [-0.3, -0.25) is 24.4 Å². The first kappa shape index (κ1) is 21.2. The van der Waals surface area contributed by atoms with Crippen LogP contribution < -0.4 is 10.2 Å². The number of pyridine rings is 1. The molecule has 2 aliphatic heterocycles. The number of rotatable bonds is 2. The quantitative estimate of drug-likeness (QED) is 0.572. The van der Waals surface area contributed by atoms with Gasteiger partial charge in [0.25, 0.3) is 11.1 Å². The molecule has 2 aliphatic rings. The van der Waals surface area contributed by atoms with Gasteiger partial charge >= 0.3 is 6.09 Å². The molecule has 1 fully saturated rings. The zero-order chi connectivity index (χ0) is 23.3. The van der Waals surface area contributed by atoms with Crippen molar-refractivity contribution in [2.75, 3.05) is 11.4 Å². The third kappa shape index (κ3) is 4.09. The smallest absolute Gasteiger partial charge is 0.414 e. The number of thioether (sulfide) groups is 1. The Kier molecular flexibility index (Phi) is 4.97. The lowest BCUT2D eigenvalue weighted by Gasteiger charge is -2.24. The van der Waals surface area contributed by atoms with Gasteiger partial charge in [0.05, 0.1) is 16.3 Å². The van der Waals surface area contributed by atoms with Crippen LogP contribution in [0.25, 0.3) is 22.9 Å². The van der Waals surface area contributed by atoms with Crippen LogP contribution in [0.1, 0.15) is 32.0 Å². The van der Waals surface area contributed by atoms with Gasteiger partial charge in [-0.25, -0.2) is 14.8 Å². The van der Waals surface area contributed by atoms with Crippen LogP contribution in [0.15, 0.2) is 41.6 Å². The summed E-state index contributed by atoms with van der Waals surface area (Å²) in [6.45, 7) is 6.11. The van der Waals surface area contributed by atoms with Gasteiger partial charge in [0.2, 0.25) is 0 Å². The fraction of sp³-hybridized carbons (Fsp3) is 0.261. The van der Waals surface area contributed by atoms with Crippen molar-refractivity contribution in [1.29, 1.82) is 0 Å². The van der Waals surface area contributed by atoms with E-state index >= 15 is 0 Å². The van der Waals surface area contributed by atoms with E-state index in [4.69, 9.17) is 4.74 Å². The van der Waals surface area contributed by atoms with Crippen LogP contribution in [0.5, 0.6) is 0 Å². The number of amides is 3. The van der Waals surface area contributed by atoms with Crippen LogP contribution in [0, 0.1) is 0 Å². The number of aromatic nitrogens is 3. The van der Waals surface area contributed by atoms with Gasteiger partial charge in [-0.1, -0.05) is 0 Å². The molecule has 2 aromatic heterocycles. The molecule has 0 bridgehead atoms. The van der Waals surface area contributed by atoms with E-state index in [1.807, 2.05) is 49.6 Å². The lowest BCUT2D eigenvalue weighted by Crippen LogP contribution is -2.35. The van der Waals surface area contributed by atoms with Crippen LogP contribution >= 0.6 is 11.8 Å². The zero-order valence-electron chi connectivity index (χ0n) is 18.3. The van der Waals surface area contributed by atoms with Crippen molar-refractivity contribution in [3.8, 4) is 5.69 Å². The minimum Gasteiger partial charge on any atom is -0.443 e. The number of hydrogen-bond acceptors (Lipinski definition) is 7. The average molecular weight is 464 g/mol. The summed E-state index contributed by atoms with van der Waals surface area (Å²) < 4.78 is 7.39. The van der Waals surface area contributed by atoms with E-state index in [0.29, 0.717) is 28.3 Å². The predicted molar refractivity (Wildman–Crippen MR) is 125 cm³/mol. The Bertz CT molecular complexity index is 1350. The number of benzene rings is 1. The molecule has 0 radical (unpaired) electrons. The van der Waals surface area contributed by atoms with E-state index < -0.39 is 16.7 Å². The van der Waals surface area contributed by atoms with Crippen molar-refractivity contribution in [3.05, 3.63) is 52.8 Å². The van der Waals surface area contributed by atoms with Gasteiger partial charge in [0.15, 0.2) is 5.65 Å². The highest BCUT2D eigenvalue weighted by atomic mass is 32.2. The number of anilines is 1. The highest BCUT2D eigenvalue weighted by molar-refractivity contribution is 8.18. The highest BCUT2D eigenvalue weighted by Gasteiger charge is 2.29. The van der Waals surface area contributed by atoms with E-state index in [2.05, 4.69) is 15.3 Å². The van der Waals surface area contributed by atoms with Gasteiger partial charge in [0, 0.05) is 12.2 Å². The molecule has 168 valence electrons. The molecule has 0 saturated carbocycles. The van der Waals surface area contributed by atoms with Gasteiger partial charge in [0.1, 0.15) is 17.4 Å². The Morgan fingerprint density at radius 1 is 1.21 bits per heavy atom. The molecule has 1 saturated heterocycles. The molecule has 0 aliphatic carbocycles. The molecule has 0 spiro atoms. The minimum absolute atomic E-state index is 0.303. The molecule has 33 heavy (non-hydrogen) atoms. The summed E-state index contributed by atoms with van der Waals surface area (Å²) in [6, 6.07) is 9.41. The fourth-order valence-electron chi connectivity index (χ4n) is 3.78. The second kappa shape index (κ2) is 7.73. The molecule has 4 heterocycles. The van der Waals surface area contributed by atoms with Crippen LogP contribution in [-0.2, 0) is 16.0 Å². The van der Waals surface area contributed by atoms with Crippen LogP contribution in [-0.4, -0.2) is 43.9 Å². The Balaban J connectivity index is 1.47. The van der Waals surface area contributed by atoms with Crippen molar-refractivity contribution < 1.29 is 19.1 Å². The Morgan fingerprint density at radius 3 is 2.76 bits per heavy atom. The van der Waals surface area contributed by atoms with E-state index in [0.717, 1.165) is 35.1 Å². The molecule has 1 aromatic carbocycles. The molecule has 0 unspecified atom stereocenters. The summed E-state index contributed by atoms with van der Waals surface area (Å²) in [5.41, 5.74) is 4.06. The molecule has 9 nitrogen and oxygen atoms in total. The SMILES string of the molecule is CC(C)(C)OC(=O)N1CCc2cc(-n3cnc4ccc(/C=C5\SC(=O)NC5=O)nc43)ccc21. The number of nitrogens with zero attached hydrogens (tertiary/aromatic N) is 4. The second-order valence-electron chi connectivity index (χ2n) is 8.74. The van der Waals surface area contributed by atoms with Gasteiger partial charge in [-0.05, 0) is 80.9 Å². The van der Waals surface area contributed by atoms with Crippen molar-refractivity contribution in [2.24, 2.45) is 0 Å². The number of nitrogens with one attached hydrogen (secondary N) is 1. The lowest BCUT2D eigenvalue weighted by molar-refractivity contribution is -0.115. The molecule has 0 atom stereocenters. The summed E-state index contributed by atoms with van der Waals surface area (Å²) in [4.78, 5) is 46.9. The largest absolute Gasteiger partial charge is 0.443 e. The predicted octanol–water partition coefficient (Wildman–Crippen LogP) is 4.04. The number of fused-ring (bicyclic) bond motifs is 2. The fourth-order valence-corrected chi connectivity index (χ4v) is 4.44. The van der Waals surface area contributed by atoms with Gasteiger partial charge in [-0.15, -0.1) is 0 Å². The summed E-state index contributed by atoms with van der Waals surface area (Å²) in [7, 11) is 0. The first-order valence-electron chi connectivity index (χ1n) is 10.4. The maximum atomic E-state index is 12.6.